The zero-order valence-corrected chi connectivity index (χ0v) is 12.9. The second kappa shape index (κ2) is 6.00. The minimum atomic E-state index is -0.193. The standard InChI is InChI=1S/C16H20N6O/c23-16(15-12-10-17-6-5-13(12)20-21-15)19-11-3-4-14(18-9-11)22-7-1-2-8-22/h3-4,9,17H,1-2,5-8,10H2,(H,19,23)(H,20,21). The van der Waals surface area contributed by atoms with E-state index in [0.29, 0.717) is 17.9 Å². The maximum Gasteiger partial charge on any atom is 0.276 e. The van der Waals surface area contributed by atoms with Crippen LogP contribution in [0.25, 0.3) is 0 Å². The van der Waals surface area contributed by atoms with E-state index in [1.54, 1.807) is 6.20 Å². The molecular weight excluding hydrogens is 292 g/mol. The second-order valence-corrected chi connectivity index (χ2v) is 6.01. The highest BCUT2D eigenvalue weighted by molar-refractivity contribution is 6.04. The van der Waals surface area contributed by atoms with Crippen molar-refractivity contribution in [3.8, 4) is 0 Å². The summed E-state index contributed by atoms with van der Waals surface area (Å²) in [5.41, 5.74) is 3.18. The van der Waals surface area contributed by atoms with Crippen LogP contribution in [0.15, 0.2) is 18.3 Å². The van der Waals surface area contributed by atoms with Gasteiger partial charge in [0, 0.05) is 43.9 Å². The van der Waals surface area contributed by atoms with Crippen molar-refractivity contribution in [2.24, 2.45) is 0 Å². The maximum absolute atomic E-state index is 12.4. The van der Waals surface area contributed by atoms with Gasteiger partial charge >= 0.3 is 0 Å². The molecule has 0 saturated carbocycles. The van der Waals surface area contributed by atoms with Crippen molar-refractivity contribution in [3.63, 3.8) is 0 Å². The Morgan fingerprint density at radius 1 is 1.26 bits per heavy atom. The van der Waals surface area contributed by atoms with Crippen LogP contribution in [-0.4, -0.2) is 40.7 Å². The Hall–Kier alpha value is -2.41. The molecule has 4 heterocycles. The number of amides is 1. The average molecular weight is 312 g/mol. The summed E-state index contributed by atoms with van der Waals surface area (Å²) in [5, 5.41) is 13.3. The number of H-pyrrole nitrogens is 1. The fourth-order valence-corrected chi connectivity index (χ4v) is 3.20. The lowest BCUT2D eigenvalue weighted by atomic mass is 10.1. The van der Waals surface area contributed by atoms with Gasteiger partial charge in [-0.25, -0.2) is 4.98 Å². The SMILES string of the molecule is O=C(Nc1ccc(N2CCCC2)nc1)c1n[nH]c2c1CNCC2. The van der Waals surface area contributed by atoms with Gasteiger partial charge in [0.2, 0.25) is 0 Å². The molecule has 7 heteroatoms. The summed E-state index contributed by atoms with van der Waals surface area (Å²) in [5.74, 6) is 0.781. The van der Waals surface area contributed by atoms with Crippen LogP contribution in [0.4, 0.5) is 11.5 Å². The van der Waals surface area contributed by atoms with Crippen LogP contribution in [0.2, 0.25) is 0 Å². The molecule has 1 saturated heterocycles. The molecule has 4 rings (SSSR count). The van der Waals surface area contributed by atoms with Crippen LogP contribution in [0.3, 0.4) is 0 Å². The van der Waals surface area contributed by atoms with Crippen molar-refractivity contribution in [1.29, 1.82) is 0 Å². The van der Waals surface area contributed by atoms with Gasteiger partial charge in [-0.1, -0.05) is 0 Å². The molecular formula is C16H20N6O. The first-order valence-electron chi connectivity index (χ1n) is 8.10. The summed E-state index contributed by atoms with van der Waals surface area (Å²) in [6, 6.07) is 3.86. The minimum Gasteiger partial charge on any atom is -0.357 e. The number of pyridine rings is 1. The molecule has 0 bridgehead atoms. The fourth-order valence-electron chi connectivity index (χ4n) is 3.20. The number of carbonyl (C=O) groups excluding carboxylic acids is 1. The third-order valence-electron chi connectivity index (χ3n) is 4.46. The summed E-state index contributed by atoms with van der Waals surface area (Å²) in [7, 11) is 0. The van der Waals surface area contributed by atoms with Gasteiger partial charge < -0.3 is 15.5 Å². The van der Waals surface area contributed by atoms with E-state index in [4.69, 9.17) is 0 Å². The fraction of sp³-hybridized carbons (Fsp3) is 0.438. The summed E-state index contributed by atoms with van der Waals surface area (Å²) < 4.78 is 0. The monoisotopic (exact) mass is 312 g/mol. The number of fused-ring (bicyclic) bond motifs is 1. The van der Waals surface area contributed by atoms with Gasteiger partial charge in [0.1, 0.15) is 5.82 Å². The second-order valence-electron chi connectivity index (χ2n) is 6.01. The van der Waals surface area contributed by atoms with Crippen molar-refractivity contribution in [3.05, 3.63) is 35.3 Å². The lowest BCUT2D eigenvalue weighted by Gasteiger charge is -2.16. The predicted molar refractivity (Wildman–Crippen MR) is 87.6 cm³/mol. The molecule has 0 spiro atoms. The average Bonchev–Trinajstić information content (AvgIpc) is 3.25. The number of anilines is 2. The Morgan fingerprint density at radius 3 is 2.91 bits per heavy atom. The van der Waals surface area contributed by atoms with Crippen molar-refractivity contribution in [2.75, 3.05) is 29.9 Å². The lowest BCUT2D eigenvalue weighted by Crippen LogP contribution is -2.25. The van der Waals surface area contributed by atoms with E-state index in [1.165, 1.54) is 12.8 Å². The van der Waals surface area contributed by atoms with E-state index in [9.17, 15) is 4.79 Å². The number of hydrogen-bond donors (Lipinski definition) is 3. The highest BCUT2D eigenvalue weighted by Crippen LogP contribution is 2.20. The number of nitrogens with zero attached hydrogens (tertiary/aromatic N) is 3. The summed E-state index contributed by atoms with van der Waals surface area (Å²) in [6.45, 7) is 3.72. The Labute approximate surface area is 134 Å². The van der Waals surface area contributed by atoms with E-state index < -0.39 is 0 Å². The molecule has 0 aliphatic carbocycles. The Kier molecular flexibility index (Phi) is 3.70. The van der Waals surface area contributed by atoms with Crippen molar-refractivity contribution >= 4 is 17.4 Å². The molecule has 1 amide bonds. The molecule has 3 N–H and O–H groups in total. The number of rotatable bonds is 3. The minimum absolute atomic E-state index is 0.193. The third kappa shape index (κ3) is 2.79. The van der Waals surface area contributed by atoms with Crippen LogP contribution in [0.1, 0.15) is 34.6 Å². The Balaban J connectivity index is 1.47. The quantitative estimate of drug-likeness (QED) is 0.795. The first kappa shape index (κ1) is 14.2. The van der Waals surface area contributed by atoms with Gasteiger partial charge in [-0.2, -0.15) is 5.10 Å². The molecule has 120 valence electrons. The van der Waals surface area contributed by atoms with Crippen LogP contribution in [0.5, 0.6) is 0 Å². The molecule has 2 aromatic rings. The van der Waals surface area contributed by atoms with E-state index in [1.807, 2.05) is 12.1 Å². The van der Waals surface area contributed by atoms with Crippen LogP contribution in [0, 0.1) is 0 Å². The smallest absolute Gasteiger partial charge is 0.276 e. The van der Waals surface area contributed by atoms with Gasteiger partial charge in [0.05, 0.1) is 11.9 Å². The van der Waals surface area contributed by atoms with Gasteiger partial charge in [-0.05, 0) is 25.0 Å². The first-order valence-corrected chi connectivity index (χ1v) is 8.10. The first-order chi connectivity index (χ1) is 11.3. The summed E-state index contributed by atoms with van der Waals surface area (Å²) >= 11 is 0. The van der Waals surface area contributed by atoms with Crippen molar-refractivity contribution in [1.82, 2.24) is 20.5 Å². The maximum atomic E-state index is 12.4. The molecule has 0 radical (unpaired) electrons. The van der Waals surface area contributed by atoms with Crippen molar-refractivity contribution < 1.29 is 4.79 Å². The number of carbonyl (C=O) groups is 1. The molecule has 7 nitrogen and oxygen atoms in total. The predicted octanol–water partition coefficient (Wildman–Crippen LogP) is 1.30. The van der Waals surface area contributed by atoms with E-state index in [0.717, 1.165) is 43.1 Å². The lowest BCUT2D eigenvalue weighted by molar-refractivity contribution is 0.102. The van der Waals surface area contributed by atoms with E-state index in [-0.39, 0.29) is 5.91 Å². The zero-order valence-electron chi connectivity index (χ0n) is 12.9. The zero-order chi connectivity index (χ0) is 15.6. The topological polar surface area (TPSA) is 85.9 Å². The molecule has 1 fully saturated rings. The molecule has 0 aromatic carbocycles. The largest absolute Gasteiger partial charge is 0.357 e. The molecule has 2 aliphatic rings. The van der Waals surface area contributed by atoms with Gasteiger partial charge in [-0.15, -0.1) is 0 Å². The number of nitrogens with one attached hydrogen (secondary N) is 3. The highest BCUT2D eigenvalue weighted by Gasteiger charge is 2.21. The normalized spacial score (nSPS) is 17.1. The number of aromatic nitrogens is 3. The van der Waals surface area contributed by atoms with Crippen LogP contribution in [-0.2, 0) is 13.0 Å². The van der Waals surface area contributed by atoms with Crippen LogP contribution < -0.4 is 15.5 Å². The number of aromatic amines is 1. The molecule has 23 heavy (non-hydrogen) atoms. The van der Waals surface area contributed by atoms with Crippen LogP contribution >= 0.6 is 0 Å². The molecule has 2 aromatic heterocycles. The summed E-state index contributed by atoms with van der Waals surface area (Å²) in [6.07, 6.45) is 5.03. The third-order valence-corrected chi connectivity index (χ3v) is 4.46. The highest BCUT2D eigenvalue weighted by atomic mass is 16.1. The number of hydrogen-bond acceptors (Lipinski definition) is 5. The molecule has 0 unspecified atom stereocenters. The molecule has 2 aliphatic heterocycles. The summed E-state index contributed by atoms with van der Waals surface area (Å²) in [4.78, 5) is 19.1. The van der Waals surface area contributed by atoms with E-state index >= 15 is 0 Å². The van der Waals surface area contributed by atoms with Gasteiger partial charge in [-0.3, -0.25) is 9.89 Å². The van der Waals surface area contributed by atoms with E-state index in [2.05, 4.69) is 30.7 Å². The van der Waals surface area contributed by atoms with Gasteiger partial charge in [0.25, 0.3) is 5.91 Å². The van der Waals surface area contributed by atoms with Gasteiger partial charge in [0.15, 0.2) is 5.69 Å². The molecule has 0 atom stereocenters. The van der Waals surface area contributed by atoms with Crippen molar-refractivity contribution in [2.45, 2.75) is 25.8 Å². The Bertz CT molecular complexity index is 702. The Morgan fingerprint density at radius 2 is 2.13 bits per heavy atom.